The average molecular weight is 489 g/mol. The Labute approximate surface area is 214 Å². The number of nitrogens with one attached hydrogen (secondary N) is 1. The van der Waals surface area contributed by atoms with Gasteiger partial charge >= 0.3 is 0 Å². The van der Waals surface area contributed by atoms with E-state index in [0.717, 1.165) is 11.1 Å². The third-order valence-corrected chi connectivity index (χ3v) is 6.27. The van der Waals surface area contributed by atoms with Gasteiger partial charge in [0.25, 0.3) is 0 Å². The number of carbonyl (C=O) groups excluding carboxylic acids is 2. The first kappa shape index (κ1) is 27.1. The summed E-state index contributed by atoms with van der Waals surface area (Å²) >= 11 is 0. The summed E-state index contributed by atoms with van der Waals surface area (Å²) in [6, 6.07) is 23.5. The molecule has 0 fully saturated rings. The number of rotatable bonds is 11. The number of halogens is 1. The molecular formula is C31H37FN2O2. The Bertz CT molecular complexity index is 1130. The summed E-state index contributed by atoms with van der Waals surface area (Å²) in [5.41, 5.74) is 3.64. The molecule has 36 heavy (non-hydrogen) atoms. The van der Waals surface area contributed by atoms with E-state index < -0.39 is 6.04 Å². The molecule has 5 heteroatoms. The van der Waals surface area contributed by atoms with Crippen molar-refractivity contribution in [1.29, 1.82) is 0 Å². The van der Waals surface area contributed by atoms with Crippen molar-refractivity contribution in [2.24, 2.45) is 0 Å². The SMILES string of the molecule is CC(C)NC(=O)[C@@H](Cc1ccccc1)N(Cc1ccccc1F)C(=O)CCc1ccc(C(C)C)cc1. The molecule has 0 radical (unpaired) electrons. The second-order valence-corrected chi connectivity index (χ2v) is 9.88. The molecule has 0 aliphatic carbocycles. The van der Waals surface area contributed by atoms with Crippen LogP contribution in [0.15, 0.2) is 78.9 Å². The minimum absolute atomic E-state index is 0.0286. The number of aryl methyl sites for hydroxylation is 1. The van der Waals surface area contributed by atoms with Crippen LogP contribution in [-0.4, -0.2) is 28.8 Å². The number of carbonyl (C=O) groups is 2. The minimum atomic E-state index is -0.759. The number of benzene rings is 3. The molecule has 1 N–H and O–H groups in total. The summed E-state index contributed by atoms with van der Waals surface area (Å²) in [5, 5.41) is 2.96. The lowest BCUT2D eigenvalue weighted by molar-refractivity contribution is -0.141. The van der Waals surface area contributed by atoms with E-state index in [1.807, 2.05) is 44.2 Å². The Hall–Kier alpha value is -3.47. The first-order valence-corrected chi connectivity index (χ1v) is 12.7. The molecule has 0 saturated carbocycles. The Kier molecular flexibility index (Phi) is 9.80. The van der Waals surface area contributed by atoms with E-state index in [0.29, 0.717) is 24.3 Å². The Balaban J connectivity index is 1.89. The number of hydrogen-bond acceptors (Lipinski definition) is 2. The smallest absolute Gasteiger partial charge is 0.243 e. The highest BCUT2D eigenvalue weighted by Gasteiger charge is 2.31. The van der Waals surface area contributed by atoms with Crippen LogP contribution >= 0.6 is 0 Å². The molecular weight excluding hydrogens is 451 g/mol. The number of nitrogens with zero attached hydrogens (tertiary/aromatic N) is 1. The van der Waals surface area contributed by atoms with Crippen LogP contribution in [0.5, 0.6) is 0 Å². The lowest BCUT2D eigenvalue weighted by Crippen LogP contribution is -2.52. The van der Waals surface area contributed by atoms with Crippen molar-refractivity contribution in [3.05, 3.63) is 107 Å². The molecule has 0 aromatic heterocycles. The first-order chi connectivity index (χ1) is 17.2. The van der Waals surface area contributed by atoms with Gasteiger partial charge in [0.05, 0.1) is 0 Å². The normalized spacial score (nSPS) is 12.0. The third kappa shape index (κ3) is 7.77. The summed E-state index contributed by atoms with van der Waals surface area (Å²) in [5.74, 6) is -0.358. The first-order valence-electron chi connectivity index (χ1n) is 12.7. The molecule has 4 nitrogen and oxygen atoms in total. The van der Waals surface area contributed by atoms with Gasteiger partial charge in [-0.15, -0.1) is 0 Å². The van der Waals surface area contributed by atoms with Crippen LogP contribution in [0.25, 0.3) is 0 Å². The Morgan fingerprint density at radius 3 is 2.08 bits per heavy atom. The lowest BCUT2D eigenvalue weighted by atomic mass is 9.99. The van der Waals surface area contributed by atoms with Crippen molar-refractivity contribution in [2.45, 2.75) is 71.5 Å². The maximum atomic E-state index is 14.6. The average Bonchev–Trinajstić information content (AvgIpc) is 2.86. The van der Waals surface area contributed by atoms with E-state index in [-0.39, 0.29) is 36.6 Å². The van der Waals surface area contributed by atoms with Crippen molar-refractivity contribution in [1.82, 2.24) is 10.2 Å². The van der Waals surface area contributed by atoms with Crippen LogP contribution in [0.1, 0.15) is 62.3 Å². The molecule has 0 aliphatic rings. The van der Waals surface area contributed by atoms with Gasteiger partial charge in [-0.2, -0.15) is 0 Å². The molecule has 0 heterocycles. The van der Waals surface area contributed by atoms with Gasteiger partial charge in [-0.1, -0.05) is 86.6 Å². The van der Waals surface area contributed by atoms with Crippen LogP contribution in [0.2, 0.25) is 0 Å². The van der Waals surface area contributed by atoms with E-state index in [9.17, 15) is 14.0 Å². The van der Waals surface area contributed by atoms with Gasteiger partial charge < -0.3 is 10.2 Å². The monoisotopic (exact) mass is 488 g/mol. The summed E-state index contributed by atoms with van der Waals surface area (Å²) in [6.07, 6.45) is 1.13. The molecule has 0 spiro atoms. The predicted molar refractivity (Wildman–Crippen MR) is 143 cm³/mol. The quantitative estimate of drug-likeness (QED) is 0.357. The molecule has 3 aromatic rings. The zero-order valence-electron chi connectivity index (χ0n) is 21.7. The number of amides is 2. The lowest BCUT2D eigenvalue weighted by Gasteiger charge is -2.32. The van der Waals surface area contributed by atoms with Crippen molar-refractivity contribution in [3.8, 4) is 0 Å². The second-order valence-electron chi connectivity index (χ2n) is 9.88. The summed E-state index contributed by atoms with van der Waals surface area (Å²) in [4.78, 5) is 28.6. The van der Waals surface area contributed by atoms with Gasteiger partial charge in [-0.25, -0.2) is 4.39 Å². The van der Waals surface area contributed by atoms with E-state index in [2.05, 4.69) is 43.4 Å². The maximum Gasteiger partial charge on any atom is 0.243 e. The van der Waals surface area contributed by atoms with Crippen LogP contribution in [0.3, 0.4) is 0 Å². The maximum absolute atomic E-state index is 14.6. The molecule has 0 bridgehead atoms. The zero-order chi connectivity index (χ0) is 26.1. The van der Waals surface area contributed by atoms with E-state index >= 15 is 0 Å². The molecule has 3 aromatic carbocycles. The van der Waals surface area contributed by atoms with Crippen molar-refractivity contribution in [2.75, 3.05) is 0 Å². The highest BCUT2D eigenvalue weighted by molar-refractivity contribution is 5.88. The Morgan fingerprint density at radius 2 is 1.47 bits per heavy atom. The molecule has 1 atom stereocenters. The topological polar surface area (TPSA) is 49.4 Å². The van der Waals surface area contributed by atoms with Gasteiger partial charge in [0, 0.05) is 31.0 Å². The number of hydrogen-bond donors (Lipinski definition) is 1. The van der Waals surface area contributed by atoms with E-state index in [4.69, 9.17) is 0 Å². The van der Waals surface area contributed by atoms with Crippen LogP contribution in [0, 0.1) is 5.82 Å². The highest BCUT2D eigenvalue weighted by atomic mass is 19.1. The fourth-order valence-electron chi connectivity index (χ4n) is 4.21. The van der Waals surface area contributed by atoms with Gasteiger partial charge in [-0.3, -0.25) is 9.59 Å². The minimum Gasteiger partial charge on any atom is -0.352 e. The molecule has 0 saturated heterocycles. The predicted octanol–water partition coefficient (Wildman–Crippen LogP) is 6.05. The Morgan fingerprint density at radius 1 is 0.833 bits per heavy atom. The summed E-state index contributed by atoms with van der Waals surface area (Å²) < 4.78 is 14.6. The van der Waals surface area contributed by atoms with E-state index in [1.54, 1.807) is 23.1 Å². The van der Waals surface area contributed by atoms with Crippen molar-refractivity contribution >= 4 is 11.8 Å². The van der Waals surface area contributed by atoms with Gasteiger partial charge in [0.2, 0.25) is 11.8 Å². The van der Waals surface area contributed by atoms with Crippen LogP contribution in [0.4, 0.5) is 4.39 Å². The van der Waals surface area contributed by atoms with E-state index in [1.165, 1.54) is 11.6 Å². The van der Waals surface area contributed by atoms with Crippen molar-refractivity contribution in [3.63, 3.8) is 0 Å². The molecule has 2 amide bonds. The van der Waals surface area contributed by atoms with Gasteiger partial charge in [0.1, 0.15) is 11.9 Å². The highest BCUT2D eigenvalue weighted by Crippen LogP contribution is 2.20. The summed E-state index contributed by atoms with van der Waals surface area (Å²) in [6.45, 7) is 8.10. The molecule has 3 rings (SSSR count). The largest absolute Gasteiger partial charge is 0.352 e. The molecule has 0 aliphatic heterocycles. The third-order valence-electron chi connectivity index (χ3n) is 6.27. The molecule has 0 unspecified atom stereocenters. The fraction of sp³-hybridized carbons (Fsp3) is 0.355. The zero-order valence-corrected chi connectivity index (χ0v) is 21.7. The fourth-order valence-corrected chi connectivity index (χ4v) is 4.21. The van der Waals surface area contributed by atoms with Crippen molar-refractivity contribution < 1.29 is 14.0 Å². The second kappa shape index (κ2) is 13.0. The van der Waals surface area contributed by atoms with Crippen LogP contribution in [-0.2, 0) is 29.0 Å². The van der Waals surface area contributed by atoms with Gasteiger partial charge in [-0.05, 0) is 48.9 Å². The molecule has 190 valence electrons. The van der Waals surface area contributed by atoms with Crippen LogP contribution < -0.4 is 5.32 Å². The van der Waals surface area contributed by atoms with Gasteiger partial charge in [0.15, 0.2) is 0 Å². The summed E-state index contributed by atoms with van der Waals surface area (Å²) in [7, 11) is 0. The standard InChI is InChI=1S/C31H37FN2O2/c1-22(2)26-17-14-24(15-18-26)16-19-30(35)34(21-27-12-8-9-13-28(27)32)29(31(36)33-23(3)4)20-25-10-6-5-7-11-25/h5-15,17-18,22-23,29H,16,19-21H2,1-4H3,(H,33,36)/t29-/m1/s1.